The first-order valence-electron chi connectivity index (χ1n) is 9.18. The molecular formula is C23H21F3O2P+. The Balaban J connectivity index is 2.29. The van der Waals surface area contributed by atoms with Crippen molar-refractivity contribution in [2.24, 2.45) is 0 Å². The predicted octanol–water partition coefficient (Wildman–Crippen LogP) is 4.78. The van der Waals surface area contributed by atoms with E-state index in [2.05, 4.69) is 0 Å². The van der Waals surface area contributed by atoms with Crippen molar-refractivity contribution < 1.29 is 23.1 Å². The van der Waals surface area contributed by atoms with Crippen molar-refractivity contribution in [1.29, 1.82) is 0 Å². The summed E-state index contributed by atoms with van der Waals surface area (Å²) in [5.41, 5.74) is 0. The van der Waals surface area contributed by atoms with E-state index in [4.69, 9.17) is 5.11 Å². The maximum atomic E-state index is 16.1. The summed E-state index contributed by atoms with van der Waals surface area (Å²) in [5, 5.41) is 10.3. The van der Waals surface area contributed by atoms with Crippen LogP contribution in [-0.4, -0.2) is 22.9 Å². The van der Waals surface area contributed by atoms with Crippen molar-refractivity contribution >= 4 is 29.1 Å². The van der Waals surface area contributed by atoms with Crippen LogP contribution >= 0.6 is 7.26 Å². The van der Waals surface area contributed by atoms with Gasteiger partial charge in [0.1, 0.15) is 15.9 Å². The normalized spacial score (nSPS) is 13.1. The lowest BCUT2D eigenvalue weighted by Gasteiger charge is -2.33. The molecule has 0 amide bonds. The van der Waals surface area contributed by atoms with E-state index in [1.54, 1.807) is 91.0 Å². The van der Waals surface area contributed by atoms with Crippen LogP contribution in [0.15, 0.2) is 91.0 Å². The lowest BCUT2D eigenvalue weighted by Crippen LogP contribution is -2.45. The Morgan fingerprint density at radius 3 is 1.45 bits per heavy atom. The monoisotopic (exact) mass is 417 g/mol. The Hall–Kier alpha value is -2.65. The molecule has 3 aromatic carbocycles. The van der Waals surface area contributed by atoms with Gasteiger partial charge in [-0.05, 0) is 36.4 Å². The van der Waals surface area contributed by atoms with Gasteiger partial charge in [-0.2, -0.15) is 13.2 Å². The highest BCUT2D eigenvalue weighted by atomic mass is 31.2. The molecule has 1 N–H and O–H groups in total. The van der Waals surface area contributed by atoms with E-state index in [1.165, 1.54) is 0 Å². The molecule has 0 saturated carbocycles. The average Bonchev–Trinajstić information content (AvgIpc) is 2.75. The van der Waals surface area contributed by atoms with Gasteiger partial charge in [0.25, 0.3) is 5.91 Å². The van der Waals surface area contributed by atoms with Crippen molar-refractivity contribution in [2.45, 2.75) is 24.7 Å². The zero-order valence-corrected chi connectivity index (χ0v) is 16.5. The molecule has 0 bridgehead atoms. The number of hydrogen-bond acceptors (Lipinski definition) is 1. The Morgan fingerprint density at radius 1 is 0.793 bits per heavy atom. The van der Waals surface area contributed by atoms with Gasteiger partial charge in [-0.1, -0.05) is 54.6 Å². The Kier molecular flexibility index (Phi) is 6.39. The summed E-state index contributed by atoms with van der Waals surface area (Å²) in [6.07, 6.45) is -1.86. The third-order valence-electron chi connectivity index (χ3n) is 4.85. The van der Waals surface area contributed by atoms with Crippen LogP contribution in [0.5, 0.6) is 0 Å². The minimum Gasteiger partial charge on any atom is -0.481 e. The fraction of sp³-hybridized carbons (Fsp3) is 0.174. The van der Waals surface area contributed by atoms with E-state index < -0.39 is 37.9 Å². The van der Waals surface area contributed by atoms with Crippen molar-refractivity contribution in [3.63, 3.8) is 0 Å². The number of halogens is 3. The van der Waals surface area contributed by atoms with Crippen LogP contribution < -0.4 is 15.9 Å². The molecule has 2 nitrogen and oxygen atoms in total. The molecule has 0 aromatic heterocycles. The lowest BCUT2D eigenvalue weighted by molar-refractivity contribution is -0.140. The van der Waals surface area contributed by atoms with Gasteiger partial charge in [-0.25, -0.2) is 0 Å². The van der Waals surface area contributed by atoms with Gasteiger partial charge in [-0.15, -0.1) is 0 Å². The van der Waals surface area contributed by atoms with Gasteiger partial charge < -0.3 is 5.11 Å². The second-order valence-electron chi connectivity index (χ2n) is 6.72. The van der Waals surface area contributed by atoms with Gasteiger partial charge in [0.05, 0.1) is 6.42 Å². The van der Waals surface area contributed by atoms with E-state index in [1.807, 2.05) is 0 Å². The molecule has 0 saturated heterocycles. The predicted molar refractivity (Wildman–Crippen MR) is 112 cm³/mol. The molecule has 1 atom stereocenters. The fourth-order valence-electron chi connectivity index (χ4n) is 3.51. The summed E-state index contributed by atoms with van der Waals surface area (Å²) in [4.78, 5) is 10.9. The standard InChI is InChI=1S/C23H20F3O2P/c24-22(23(25,26)17-16-21(27)28)29(18-10-4-1-5-11-18,19-12-6-2-7-13-19)20-14-8-3-9-15-20/h1-15,22H,16-17H2/p+1. The number of carboxylic acid groups (broad SMARTS) is 1. The van der Waals surface area contributed by atoms with E-state index in [9.17, 15) is 4.79 Å². The maximum Gasteiger partial charge on any atom is 0.314 e. The van der Waals surface area contributed by atoms with E-state index >= 15 is 13.2 Å². The molecule has 0 aliphatic heterocycles. The van der Waals surface area contributed by atoms with Gasteiger partial charge in [-0.3, -0.25) is 4.79 Å². The van der Waals surface area contributed by atoms with Crippen molar-refractivity contribution in [3.05, 3.63) is 91.0 Å². The summed E-state index contributed by atoms with van der Waals surface area (Å²) in [5.74, 6) is -7.75. The van der Waals surface area contributed by atoms with Gasteiger partial charge in [0, 0.05) is 6.42 Å². The molecule has 29 heavy (non-hydrogen) atoms. The van der Waals surface area contributed by atoms with Gasteiger partial charge >= 0.3 is 11.9 Å². The van der Waals surface area contributed by atoms with Crippen LogP contribution in [0.3, 0.4) is 0 Å². The molecule has 0 aliphatic rings. The summed E-state index contributed by atoms with van der Waals surface area (Å²) in [6, 6.07) is 25.5. The molecule has 3 aromatic rings. The van der Waals surface area contributed by atoms with Crippen LogP contribution in [0.2, 0.25) is 0 Å². The molecule has 0 heterocycles. The quantitative estimate of drug-likeness (QED) is 0.536. The Bertz CT molecular complexity index is 837. The number of carboxylic acids is 1. The summed E-state index contributed by atoms with van der Waals surface area (Å²) >= 11 is 0. The molecule has 6 heteroatoms. The number of hydrogen-bond donors (Lipinski definition) is 1. The maximum absolute atomic E-state index is 16.1. The Labute approximate surface area is 168 Å². The third-order valence-corrected chi connectivity index (χ3v) is 9.25. The summed E-state index contributed by atoms with van der Waals surface area (Å²) in [7, 11) is -3.44. The molecule has 0 aliphatic carbocycles. The average molecular weight is 417 g/mol. The minimum atomic E-state index is -3.81. The van der Waals surface area contributed by atoms with Crippen LogP contribution in [0.1, 0.15) is 12.8 Å². The van der Waals surface area contributed by atoms with Crippen LogP contribution in [0, 0.1) is 0 Å². The molecular weight excluding hydrogens is 396 g/mol. The molecule has 150 valence electrons. The highest BCUT2D eigenvalue weighted by Crippen LogP contribution is 2.64. The topological polar surface area (TPSA) is 37.3 Å². The van der Waals surface area contributed by atoms with Crippen molar-refractivity contribution in [2.75, 3.05) is 0 Å². The van der Waals surface area contributed by atoms with E-state index in [-0.39, 0.29) is 0 Å². The first kappa shape index (κ1) is 21.1. The molecule has 0 fully saturated rings. The fourth-order valence-corrected chi connectivity index (χ4v) is 7.81. The molecule has 0 spiro atoms. The summed E-state index contributed by atoms with van der Waals surface area (Å²) in [6.45, 7) is 0. The molecule has 3 rings (SSSR count). The zero-order valence-electron chi connectivity index (χ0n) is 15.6. The minimum absolute atomic E-state index is 0.486. The summed E-state index contributed by atoms with van der Waals surface area (Å²) < 4.78 is 46.4. The number of alkyl halides is 3. The number of benzene rings is 3. The van der Waals surface area contributed by atoms with Crippen LogP contribution in [0.25, 0.3) is 0 Å². The van der Waals surface area contributed by atoms with Gasteiger partial charge in [0.15, 0.2) is 7.26 Å². The van der Waals surface area contributed by atoms with E-state index in [0.717, 1.165) is 0 Å². The molecule has 1 unspecified atom stereocenters. The smallest absolute Gasteiger partial charge is 0.314 e. The van der Waals surface area contributed by atoms with Crippen molar-refractivity contribution in [1.82, 2.24) is 0 Å². The second kappa shape index (κ2) is 8.79. The first-order valence-corrected chi connectivity index (χ1v) is 11.0. The van der Waals surface area contributed by atoms with Crippen LogP contribution in [-0.2, 0) is 4.79 Å². The van der Waals surface area contributed by atoms with Crippen molar-refractivity contribution in [3.8, 4) is 0 Å². The largest absolute Gasteiger partial charge is 0.481 e. The molecule has 0 radical (unpaired) electrons. The highest BCUT2D eigenvalue weighted by Gasteiger charge is 2.63. The Morgan fingerprint density at radius 2 is 1.14 bits per heavy atom. The highest BCUT2D eigenvalue weighted by molar-refractivity contribution is 7.96. The number of carbonyl (C=O) groups is 1. The second-order valence-corrected chi connectivity index (χ2v) is 10.2. The first-order chi connectivity index (χ1) is 13.9. The lowest BCUT2D eigenvalue weighted by atomic mass is 10.2. The van der Waals surface area contributed by atoms with Gasteiger partial charge in [0.2, 0.25) is 0 Å². The SMILES string of the molecule is O=C(O)CCC(F)(F)C(F)[P+](c1ccccc1)(c1ccccc1)c1ccccc1. The number of rotatable bonds is 8. The van der Waals surface area contributed by atoms with Crippen LogP contribution in [0.4, 0.5) is 13.2 Å². The zero-order chi connectivity index (χ0) is 20.9. The number of aliphatic carboxylic acids is 1. The third kappa shape index (κ3) is 4.20. The van der Waals surface area contributed by atoms with E-state index in [0.29, 0.717) is 15.9 Å².